The minimum Gasteiger partial charge on any atom is -0.507 e. The molecule has 2 aliphatic rings. The number of phenolic OH excluding ortho intramolecular Hbond substituents is 1. The predicted molar refractivity (Wildman–Crippen MR) is 180 cm³/mol. The van der Waals surface area contributed by atoms with Crippen molar-refractivity contribution in [2.75, 3.05) is 26.2 Å². The lowest BCUT2D eigenvalue weighted by molar-refractivity contribution is -0.139. The van der Waals surface area contributed by atoms with Crippen LogP contribution in [0.15, 0.2) is 36.5 Å². The number of aliphatic hydroxyl groups is 1. The van der Waals surface area contributed by atoms with Crippen LogP contribution < -0.4 is 5.32 Å². The molecule has 2 aromatic heterocycles. The number of amides is 3. The summed E-state index contributed by atoms with van der Waals surface area (Å²) in [7, 11) is 0. The fourth-order valence-electron chi connectivity index (χ4n) is 6.59. The first-order valence-electron chi connectivity index (χ1n) is 17.2. The summed E-state index contributed by atoms with van der Waals surface area (Å²) < 4.78 is 0. The number of rotatable bonds is 14. The fourth-order valence-corrected chi connectivity index (χ4v) is 6.59. The van der Waals surface area contributed by atoms with Crippen LogP contribution >= 0.6 is 0 Å². The number of phenols is 1. The number of β-amino-alcohol motifs (C(OH)–C–C–N with tert-alkyl or cyclic N) is 1. The summed E-state index contributed by atoms with van der Waals surface area (Å²) in [5, 5.41) is 32.5. The van der Waals surface area contributed by atoms with Gasteiger partial charge < -0.3 is 30.3 Å². The largest absolute Gasteiger partial charge is 0.507 e. The van der Waals surface area contributed by atoms with E-state index in [1.54, 1.807) is 17.0 Å². The van der Waals surface area contributed by atoms with Gasteiger partial charge in [0.2, 0.25) is 17.7 Å². The first-order chi connectivity index (χ1) is 22.5. The van der Waals surface area contributed by atoms with E-state index in [1.807, 2.05) is 50.1 Å². The molecule has 5 rings (SSSR count). The van der Waals surface area contributed by atoms with Crippen molar-refractivity contribution < 1.29 is 24.6 Å². The van der Waals surface area contributed by atoms with Crippen LogP contribution in [0.1, 0.15) is 96.5 Å². The van der Waals surface area contributed by atoms with E-state index in [1.165, 1.54) is 0 Å². The lowest BCUT2D eigenvalue weighted by Crippen LogP contribution is -2.54. The Bertz CT molecular complexity index is 1540. The van der Waals surface area contributed by atoms with Gasteiger partial charge in [0.1, 0.15) is 11.8 Å². The smallest absolute Gasteiger partial charge is 0.245 e. The number of benzene rings is 1. The number of hydrogen-bond acceptors (Lipinski definition) is 7. The Balaban J connectivity index is 0.940. The number of hydrogen-bond donors (Lipinski definition) is 4. The van der Waals surface area contributed by atoms with Gasteiger partial charge in [-0.15, -0.1) is 10.2 Å². The summed E-state index contributed by atoms with van der Waals surface area (Å²) in [6.45, 7) is 8.11. The third kappa shape index (κ3) is 8.68. The molecule has 11 heteroatoms. The maximum atomic E-state index is 13.0. The molecule has 47 heavy (non-hydrogen) atoms. The summed E-state index contributed by atoms with van der Waals surface area (Å²) >= 11 is 0. The van der Waals surface area contributed by atoms with Crippen LogP contribution in [0.2, 0.25) is 0 Å². The molecule has 11 nitrogen and oxygen atoms in total. The van der Waals surface area contributed by atoms with Crippen molar-refractivity contribution in [3.63, 3.8) is 0 Å². The van der Waals surface area contributed by atoms with Crippen LogP contribution in [0.25, 0.3) is 22.3 Å². The molecular formula is C36H50N6O5. The molecule has 2 fully saturated rings. The number of aromatic nitrogens is 3. The van der Waals surface area contributed by atoms with Crippen LogP contribution in [0, 0.1) is 5.41 Å². The van der Waals surface area contributed by atoms with Gasteiger partial charge in [-0.05, 0) is 48.4 Å². The number of carbonyl (C=O) groups excluding carboxylic acids is 3. The van der Waals surface area contributed by atoms with E-state index in [4.69, 9.17) is 0 Å². The summed E-state index contributed by atoms with van der Waals surface area (Å²) in [4.78, 5) is 45.2. The molecule has 0 saturated carbocycles. The molecule has 0 bridgehead atoms. The molecule has 0 aliphatic carbocycles. The lowest BCUT2D eigenvalue weighted by Gasteiger charge is -2.39. The van der Waals surface area contributed by atoms with Gasteiger partial charge in [0, 0.05) is 62.1 Å². The molecule has 0 radical (unpaired) electrons. The predicted octanol–water partition coefficient (Wildman–Crippen LogP) is 4.89. The molecule has 2 saturated heterocycles. The van der Waals surface area contributed by atoms with Crippen molar-refractivity contribution in [1.29, 1.82) is 0 Å². The molecule has 0 unspecified atom stereocenters. The number of aromatic hydroxyl groups is 1. The number of para-hydroxylation sites is 1. The summed E-state index contributed by atoms with van der Waals surface area (Å²) in [6, 6.07) is 8.45. The van der Waals surface area contributed by atoms with E-state index in [0.29, 0.717) is 62.3 Å². The first kappa shape index (κ1) is 34.3. The highest BCUT2D eigenvalue weighted by Gasteiger charge is 2.38. The van der Waals surface area contributed by atoms with Crippen LogP contribution in [0.4, 0.5) is 0 Å². The third-order valence-corrected chi connectivity index (χ3v) is 9.51. The number of carbonyl (C=O) groups is 3. The number of fused-ring (bicyclic) bond motifs is 1. The second kappa shape index (κ2) is 15.3. The Morgan fingerprint density at radius 2 is 1.64 bits per heavy atom. The summed E-state index contributed by atoms with van der Waals surface area (Å²) in [5.74, 6) is 0.407. The molecule has 3 aromatic rings. The van der Waals surface area contributed by atoms with Crippen LogP contribution in [-0.2, 0) is 14.4 Å². The molecule has 1 aromatic carbocycles. The Morgan fingerprint density at radius 1 is 0.957 bits per heavy atom. The highest BCUT2D eigenvalue weighted by molar-refractivity contribution is 5.88. The van der Waals surface area contributed by atoms with Crippen LogP contribution in [-0.4, -0.2) is 91.2 Å². The molecule has 0 spiro atoms. The van der Waals surface area contributed by atoms with Gasteiger partial charge in [-0.1, -0.05) is 65.0 Å². The quantitative estimate of drug-likeness (QED) is 0.182. The summed E-state index contributed by atoms with van der Waals surface area (Å²) in [6.07, 6.45) is 9.85. The number of likely N-dealkylation sites (tertiary alicyclic amines) is 2. The molecule has 3 amide bonds. The van der Waals surface area contributed by atoms with E-state index < -0.39 is 17.6 Å². The van der Waals surface area contributed by atoms with Gasteiger partial charge in [-0.3, -0.25) is 14.4 Å². The highest BCUT2D eigenvalue weighted by atomic mass is 16.3. The van der Waals surface area contributed by atoms with Crippen molar-refractivity contribution in [1.82, 2.24) is 30.3 Å². The number of aliphatic hydroxyl groups excluding tert-OH is 1. The Labute approximate surface area is 277 Å². The van der Waals surface area contributed by atoms with Crippen LogP contribution in [0.3, 0.4) is 0 Å². The number of H-pyrrole nitrogens is 1. The maximum absolute atomic E-state index is 13.0. The van der Waals surface area contributed by atoms with Gasteiger partial charge in [-0.2, -0.15) is 0 Å². The number of aromatic amines is 1. The maximum Gasteiger partial charge on any atom is 0.245 e. The standard InChI is InChI=1S/C36H50N6O5/c1-36(2,3)33(35(47)41-18-17-25(43)23-41)38-31(45)15-9-7-5-4-6-8-10-16-32(46)42-21-24(22-42)28-20-37-34-27(28)19-29(39-40-34)26-13-11-12-14-30(26)44/h11-14,19-20,24-25,33,43-44H,4-10,15-18,21-23H2,1-3H3,(H,37,40)(H,38,45)/t25-,33-/m1/s1. The Hall–Kier alpha value is -3.99. The zero-order valence-corrected chi connectivity index (χ0v) is 28.0. The van der Waals surface area contributed by atoms with Gasteiger partial charge in [0.25, 0.3) is 0 Å². The average Bonchev–Trinajstić information content (AvgIpc) is 3.63. The Kier molecular flexibility index (Phi) is 11.2. The van der Waals surface area contributed by atoms with E-state index in [-0.39, 0.29) is 29.4 Å². The van der Waals surface area contributed by atoms with Crippen molar-refractivity contribution in [3.8, 4) is 17.0 Å². The molecular weight excluding hydrogens is 596 g/mol. The topological polar surface area (TPSA) is 152 Å². The minimum absolute atomic E-state index is 0.0969. The van der Waals surface area contributed by atoms with Gasteiger partial charge in [-0.25, -0.2) is 0 Å². The molecule has 2 aliphatic heterocycles. The number of nitrogens with one attached hydrogen (secondary N) is 2. The van der Waals surface area contributed by atoms with E-state index >= 15 is 0 Å². The second-order valence-electron chi connectivity index (χ2n) is 14.3. The first-order valence-corrected chi connectivity index (χ1v) is 17.2. The van der Waals surface area contributed by atoms with Crippen LogP contribution in [0.5, 0.6) is 5.75 Å². The number of nitrogens with zero attached hydrogens (tertiary/aromatic N) is 4. The van der Waals surface area contributed by atoms with Crippen molar-refractivity contribution >= 4 is 28.8 Å². The molecule has 254 valence electrons. The zero-order chi connectivity index (χ0) is 33.6. The summed E-state index contributed by atoms with van der Waals surface area (Å²) in [5.41, 5.74) is 2.67. The lowest BCUT2D eigenvalue weighted by atomic mass is 9.85. The van der Waals surface area contributed by atoms with E-state index in [2.05, 4.69) is 20.5 Å². The van der Waals surface area contributed by atoms with Crippen molar-refractivity contribution in [3.05, 3.63) is 42.1 Å². The monoisotopic (exact) mass is 646 g/mol. The van der Waals surface area contributed by atoms with Crippen molar-refractivity contribution in [2.24, 2.45) is 5.41 Å². The molecule has 4 heterocycles. The van der Waals surface area contributed by atoms with E-state index in [0.717, 1.165) is 55.9 Å². The molecule has 4 N–H and O–H groups in total. The second-order valence-corrected chi connectivity index (χ2v) is 14.3. The normalized spacial score (nSPS) is 17.6. The van der Waals surface area contributed by atoms with Crippen molar-refractivity contribution in [2.45, 2.75) is 103 Å². The SMILES string of the molecule is CC(C)(C)[C@H](NC(=O)CCCCCCCCCC(=O)N1CC(c2c[nH]c3nnc(-c4ccccc4O)cc23)C1)C(=O)N1CC[C@@H](O)C1. The zero-order valence-electron chi connectivity index (χ0n) is 28.0. The van der Waals surface area contributed by atoms with E-state index in [9.17, 15) is 24.6 Å². The van der Waals surface area contributed by atoms with Gasteiger partial charge in [0.15, 0.2) is 5.65 Å². The average molecular weight is 647 g/mol. The minimum atomic E-state index is -0.599. The number of unbranched alkanes of at least 4 members (excludes halogenated alkanes) is 6. The molecule has 2 atom stereocenters. The highest BCUT2D eigenvalue weighted by Crippen LogP contribution is 2.35. The third-order valence-electron chi connectivity index (χ3n) is 9.51. The van der Waals surface area contributed by atoms with Gasteiger partial charge in [0.05, 0.1) is 11.8 Å². The van der Waals surface area contributed by atoms with Gasteiger partial charge >= 0.3 is 0 Å². The Morgan fingerprint density at radius 3 is 2.30 bits per heavy atom. The fraction of sp³-hybridized carbons (Fsp3) is 0.583.